The van der Waals surface area contributed by atoms with Crippen LogP contribution in [0.25, 0.3) is 0 Å². The largest absolute Gasteiger partial charge is 0.489 e. The lowest BCUT2D eigenvalue weighted by molar-refractivity contribution is 0.139. The average Bonchev–Trinajstić information content (AvgIpc) is 2.65. The van der Waals surface area contributed by atoms with Crippen molar-refractivity contribution < 1.29 is 4.74 Å². The van der Waals surface area contributed by atoms with Crippen molar-refractivity contribution in [2.24, 2.45) is 0 Å². The van der Waals surface area contributed by atoms with Crippen LogP contribution < -0.4 is 4.74 Å². The Balaban J connectivity index is 1.82. The summed E-state index contributed by atoms with van der Waals surface area (Å²) in [6.07, 6.45) is 1.30. The van der Waals surface area contributed by atoms with Crippen molar-refractivity contribution in [2.75, 3.05) is 6.54 Å². The van der Waals surface area contributed by atoms with Gasteiger partial charge in [-0.25, -0.2) is 0 Å². The summed E-state index contributed by atoms with van der Waals surface area (Å²) < 4.78 is 7.28. The van der Waals surface area contributed by atoms with Gasteiger partial charge in [0.05, 0.1) is 0 Å². The minimum absolute atomic E-state index is 0.265. The first-order valence-corrected chi connectivity index (χ1v) is 8.25. The average molecular weight is 346 g/mol. The topological polar surface area (TPSA) is 12.5 Å². The predicted molar refractivity (Wildman–Crippen MR) is 89.4 cm³/mol. The molecule has 0 N–H and O–H groups in total. The highest BCUT2D eigenvalue weighted by atomic mass is 79.9. The number of hydrogen-bond acceptors (Lipinski definition) is 2. The van der Waals surface area contributed by atoms with Crippen LogP contribution in [0, 0.1) is 0 Å². The predicted octanol–water partition coefficient (Wildman–Crippen LogP) is 4.62. The van der Waals surface area contributed by atoms with Gasteiger partial charge in [0.25, 0.3) is 0 Å². The summed E-state index contributed by atoms with van der Waals surface area (Å²) in [6.45, 7) is 5.06. The molecule has 2 aromatic rings. The minimum Gasteiger partial charge on any atom is -0.489 e. The number of halogens is 1. The summed E-state index contributed by atoms with van der Waals surface area (Å²) in [7, 11) is 0. The van der Waals surface area contributed by atoms with E-state index in [1.807, 2.05) is 0 Å². The molecule has 1 aliphatic rings. The van der Waals surface area contributed by atoms with Crippen LogP contribution in [0.4, 0.5) is 0 Å². The summed E-state index contributed by atoms with van der Waals surface area (Å²) in [6, 6.07) is 16.9. The smallest absolute Gasteiger partial charge is 0.124 e. The number of benzene rings is 2. The second kappa shape index (κ2) is 6.63. The van der Waals surface area contributed by atoms with Crippen molar-refractivity contribution in [1.29, 1.82) is 0 Å². The Kier molecular flexibility index (Phi) is 4.61. The highest BCUT2D eigenvalue weighted by Gasteiger charge is 2.21. The Morgan fingerprint density at radius 3 is 2.86 bits per heavy atom. The van der Waals surface area contributed by atoms with E-state index in [9.17, 15) is 0 Å². The van der Waals surface area contributed by atoms with Crippen LogP contribution >= 0.6 is 15.9 Å². The fraction of sp³-hybridized carbons (Fsp3) is 0.333. The summed E-state index contributed by atoms with van der Waals surface area (Å²) in [5, 5.41) is 0. The van der Waals surface area contributed by atoms with Gasteiger partial charge in [-0.15, -0.1) is 0 Å². The van der Waals surface area contributed by atoms with Crippen LogP contribution in [0.2, 0.25) is 0 Å². The number of hydrogen-bond donors (Lipinski definition) is 0. The van der Waals surface area contributed by atoms with E-state index < -0.39 is 0 Å². The van der Waals surface area contributed by atoms with Crippen LogP contribution in [0.5, 0.6) is 5.75 Å². The SMILES string of the molecule is CC[C@@H]1CN(Cc2cccc(Br)c2)Cc2ccccc2O1. The van der Waals surface area contributed by atoms with Crippen LogP contribution in [0.3, 0.4) is 0 Å². The number of rotatable bonds is 3. The molecule has 0 fully saturated rings. The lowest BCUT2D eigenvalue weighted by atomic mass is 10.1. The maximum absolute atomic E-state index is 6.15. The maximum Gasteiger partial charge on any atom is 0.124 e. The molecule has 2 aromatic carbocycles. The number of nitrogens with zero attached hydrogens (tertiary/aromatic N) is 1. The third-order valence-corrected chi connectivity index (χ3v) is 4.37. The first-order valence-electron chi connectivity index (χ1n) is 7.46. The van der Waals surface area contributed by atoms with Gasteiger partial charge in [-0.2, -0.15) is 0 Å². The van der Waals surface area contributed by atoms with Gasteiger partial charge in [-0.05, 0) is 30.2 Å². The quantitative estimate of drug-likeness (QED) is 0.804. The summed E-state index contributed by atoms with van der Waals surface area (Å²) in [5.74, 6) is 1.04. The molecule has 0 aromatic heterocycles. The molecule has 0 saturated carbocycles. The molecule has 0 aliphatic carbocycles. The van der Waals surface area contributed by atoms with E-state index in [1.165, 1.54) is 11.1 Å². The van der Waals surface area contributed by atoms with Crippen molar-refractivity contribution in [3.05, 3.63) is 64.1 Å². The van der Waals surface area contributed by atoms with Crippen molar-refractivity contribution in [3.8, 4) is 5.75 Å². The Hall–Kier alpha value is -1.32. The van der Waals surface area contributed by atoms with Crippen molar-refractivity contribution in [3.63, 3.8) is 0 Å². The lowest BCUT2D eigenvalue weighted by Gasteiger charge is -2.23. The molecule has 0 saturated heterocycles. The van der Waals surface area contributed by atoms with Crippen LogP contribution in [0.1, 0.15) is 24.5 Å². The molecule has 0 bridgehead atoms. The van der Waals surface area contributed by atoms with Crippen molar-refractivity contribution in [1.82, 2.24) is 4.90 Å². The maximum atomic E-state index is 6.15. The van der Waals surface area contributed by atoms with Crippen LogP contribution in [0.15, 0.2) is 53.0 Å². The minimum atomic E-state index is 0.265. The zero-order valence-corrected chi connectivity index (χ0v) is 13.8. The molecule has 1 aliphatic heterocycles. The van der Waals surface area contributed by atoms with E-state index in [2.05, 4.69) is 76.3 Å². The van der Waals surface area contributed by atoms with Gasteiger partial charge < -0.3 is 4.74 Å². The van der Waals surface area contributed by atoms with E-state index in [0.29, 0.717) is 0 Å². The lowest BCUT2D eigenvalue weighted by Crippen LogP contribution is -2.32. The Morgan fingerprint density at radius 2 is 2.05 bits per heavy atom. The van der Waals surface area contributed by atoms with Gasteiger partial charge in [0.2, 0.25) is 0 Å². The van der Waals surface area contributed by atoms with E-state index in [-0.39, 0.29) is 6.10 Å². The Bertz CT molecular complexity index is 614. The molecule has 1 heterocycles. The van der Waals surface area contributed by atoms with Gasteiger partial charge in [0.1, 0.15) is 11.9 Å². The molecular weight excluding hydrogens is 326 g/mol. The Labute approximate surface area is 134 Å². The molecule has 1 atom stereocenters. The number of fused-ring (bicyclic) bond motifs is 1. The third kappa shape index (κ3) is 3.66. The molecular formula is C18H20BrNO. The van der Waals surface area contributed by atoms with Crippen molar-refractivity contribution in [2.45, 2.75) is 32.5 Å². The highest BCUT2D eigenvalue weighted by Crippen LogP contribution is 2.26. The fourth-order valence-corrected chi connectivity index (χ4v) is 3.23. The molecule has 110 valence electrons. The van der Waals surface area contributed by atoms with E-state index in [4.69, 9.17) is 4.74 Å². The molecule has 3 heteroatoms. The standard InChI is InChI=1S/C18H20BrNO/c1-2-17-13-20(11-14-6-5-8-16(19)10-14)12-15-7-3-4-9-18(15)21-17/h3-10,17H,2,11-13H2,1H3/t17-/m1/s1. The van der Waals surface area contributed by atoms with Gasteiger partial charge in [-0.1, -0.05) is 53.2 Å². The summed E-state index contributed by atoms with van der Waals surface area (Å²) >= 11 is 3.55. The first-order chi connectivity index (χ1) is 10.2. The molecule has 0 spiro atoms. The van der Waals surface area contributed by atoms with Gasteiger partial charge in [-0.3, -0.25) is 4.90 Å². The molecule has 0 amide bonds. The molecule has 3 rings (SSSR count). The number of ether oxygens (including phenoxy) is 1. The van der Waals surface area contributed by atoms with Gasteiger partial charge in [0.15, 0.2) is 0 Å². The zero-order chi connectivity index (χ0) is 14.7. The highest BCUT2D eigenvalue weighted by molar-refractivity contribution is 9.10. The first kappa shape index (κ1) is 14.6. The fourth-order valence-electron chi connectivity index (χ4n) is 2.79. The summed E-state index contributed by atoms with van der Waals surface area (Å²) in [5.41, 5.74) is 2.61. The molecule has 0 radical (unpaired) electrons. The van der Waals surface area contributed by atoms with E-state index in [1.54, 1.807) is 0 Å². The van der Waals surface area contributed by atoms with Crippen molar-refractivity contribution >= 4 is 15.9 Å². The monoisotopic (exact) mass is 345 g/mol. The van der Waals surface area contributed by atoms with E-state index >= 15 is 0 Å². The number of para-hydroxylation sites is 1. The summed E-state index contributed by atoms with van der Waals surface area (Å²) in [4.78, 5) is 2.47. The normalized spacial score (nSPS) is 18.7. The third-order valence-electron chi connectivity index (χ3n) is 3.87. The zero-order valence-electron chi connectivity index (χ0n) is 12.3. The second-order valence-corrected chi connectivity index (χ2v) is 6.47. The molecule has 0 unspecified atom stereocenters. The van der Waals surface area contributed by atoms with Crippen LogP contribution in [-0.4, -0.2) is 17.5 Å². The van der Waals surface area contributed by atoms with Crippen LogP contribution in [-0.2, 0) is 13.1 Å². The second-order valence-electron chi connectivity index (χ2n) is 5.56. The van der Waals surface area contributed by atoms with E-state index in [0.717, 1.165) is 36.3 Å². The van der Waals surface area contributed by atoms with Gasteiger partial charge >= 0.3 is 0 Å². The molecule has 2 nitrogen and oxygen atoms in total. The molecule has 21 heavy (non-hydrogen) atoms. The van der Waals surface area contributed by atoms with Gasteiger partial charge in [0, 0.05) is 29.7 Å². The Morgan fingerprint density at radius 1 is 1.19 bits per heavy atom.